The van der Waals surface area contributed by atoms with Gasteiger partial charge in [0.25, 0.3) is 0 Å². The van der Waals surface area contributed by atoms with Crippen molar-refractivity contribution in [1.82, 2.24) is 0 Å². The Balaban J connectivity index is 6.11. The van der Waals surface area contributed by atoms with Crippen molar-refractivity contribution >= 4 is 0 Å². The Labute approximate surface area is 342 Å². The Morgan fingerprint density at radius 2 is 0.564 bits per heavy atom. The lowest BCUT2D eigenvalue weighted by molar-refractivity contribution is -0.240. The second kappa shape index (κ2) is 42.2. The second-order valence-electron chi connectivity index (χ2n) is 15.6. The van der Waals surface area contributed by atoms with Crippen LogP contribution in [0.25, 0.3) is 0 Å². The normalized spacial score (nSPS) is 13.7. The van der Waals surface area contributed by atoms with Gasteiger partial charge in [-0.05, 0) is 25.7 Å². The van der Waals surface area contributed by atoms with E-state index in [0.29, 0.717) is 24.7 Å². The average Bonchev–Trinajstić information content (AvgIpc) is 3.20. The van der Waals surface area contributed by atoms with Gasteiger partial charge in [-0.15, -0.1) is 0 Å². The monoisotopic (exact) mass is 783 g/mol. The highest BCUT2D eigenvalue weighted by Crippen LogP contribution is 2.28. The van der Waals surface area contributed by atoms with Crippen LogP contribution < -0.4 is 0 Å². The zero-order chi connectivity index (χ0) is 40.5. The summed E-state index contributed by atoms with van der Waals surface area (Å²) in [4.78, 5) is 0. The van der Waals surface area contributed by atoms with Gasteiger partial charge in [-0.3, -0.25) is 0 Å². The first-order valence-corrected chi connectivity index (χ1v) is 23.6. The molecule has 7 nitrogen and oxygen atoms in total. The smallest absolute Gasteiger partial charge is 0.223 e. The lowest BCUT2D eigenvalue weighted by Gasteiger charge is -2.29. The maximum Gasteiger partial charge on any atom is 0.223 e. The molecule has 0 amide bonds. The summed E-state index contributed by atoms with van der Waals surface area (Å²) in [5.74, 6) is 2.71. The van der Waals surface area contributed by atoms with Gasteiger partial charge in [-0.1, -0.05) is 195 Å². The largest absolute Gasteiger partial charge is 0.497 e. The fourth-order valence-corrected chi connectivity index (χ4v) is 7.14. The molecule has 0 spiro atoms. The maximum absolute atomic E-state index is 6.84. The van der Waals surface area contributed by atoms with E-state index in [1.54, 1.807) is 28.4 Å². The molecule has 0 aliphatic rings. The summed E-state index contributed by atoms with van der Waals surface area (Å²) in [5, 5.41) is 0. The molecule has 0 bridgehead atoms. The summed E-state index contributed by atoms with van der Waals surface area (Å²) in [5.41, 5.74) is 0. The van der Waals surface area contributed by atoms with Gasteiger partial charge in [0.05, 0.1) is 41.7 Å². The van der Waals surface area contributed by atoms with Crippen LogP contribution >= 0.6 is 0 Å². The van der Waals surface area contributed by atoms with Gasteiger partial charge in [0, 0.05) is 12.8 Å². The fourth-order valence-electron chi connectivity index (χ4n) is 7.14. The van der Waals surface area contributed by atoms with E-state index in [4.69, 9.17) is 33.2 Å². The van der Waals surface area contributed by atoms with Crippen LogP contribution in [0.1, 0.15) is 233 Å². The van der Waals surface area contributed by atoms with E-state index >= 15 is 0 Å². The van der Waals surface area contributed by atoms with Crippen molar-refractivity contribution < 1.29 is 33.2 Å². The van der Waals surface area contributed by atoms with Gasteiger partial charge < -0.3 is 33.2 Å². The van der Waals surface area contributed by atoms with Crippen molar-refractivity contribution in [3.05, 3.63) is 23.0 Å². The Bertz CT molecular complexity index is 789. The van der Waals surface area contributed by atoms with Crippen molar-refractivity contribution in [2.75, 3.05) is 41.7 Å². The highest BCUT2D eigenvalue weighted by molar-refractivity contribution is 5.08. The van der Waals surface area contributed by atoms with Gasteiger partial charge >= 0.3 is 0 Å². The highest BCUT2D eigenvalue weighted by Gasteiger charge is 2.31. The standard InChI is InChI=1S/C48H94O7/c1-9-13-17-21-25-27-31-35-39-43(49-5)45(51-7)47(53-41-37-33-29-23-19-15-11-3)55-48(54-42-38-34-30-24-20-16-12-4)46(52-8)44(50-6)40-36-32-28-26-22-18-14-10-2/h47-48H,9-42H2,1-8H3. The molecule has 2 atom stereocenters. The average molecular weight is 783 g/mol. The molecule has 0 rings (SSSR count). The van der Waals surface area contributed by atoms with Crippen LogP contribution in [0.15, 0.2) is 23.0 Å². The summed E-state index contributed by atoms with van der Waals surface area (Å²) < 4.78 is 44.2. The van der Waals surface area contributed by atoms with E-state index in [0.717, 1.165) is 75.7 Å². The van der Waals surface area contributed by atoms with Crippen LogP contribution in [0.5, 0.6) is 0 Å². The molecule has 0 N–H and O–H groups in total. The molecule has 0 saturated carbocycles. The van der Waals surface area contributed by atoms with E-state index in [1.165, 1.54) is 141 Å². The Kier molecular flexibility index (Phi) is 41.1. The van der Waals surface area contributed by atoms with E-state index in [1.807, 2.05) is 0 Å². The number of methoxy groups -OCH3 is 4. The van der Waals surface area contributed by atoms with E-state index < -0.39 is 12.6 Å². The quantitative estimate of drug-likeness (QED) is 0.0346. The second-order valence-corrected chi connectivity index (χ2v) is 15.6. The minimum atomic E-state index is -0.806. The zero-order valence-electron chi connectivity index (χ0n) is 38.1. The van der Waals surface area contributed by atoms with Crippen molar-refractivity contribution in [3.63, 3.8) is 0 Å². The number of hydrogen-bond donors (Lipinski definition) is 0. The fraction of sp³-hybridized carbons (Fsp3) is 0.917. The molecule has 0 aromatic heterocycles. The molecule has 0 fully saturated rings. The van der Waals surface area contributed by atoms with Crippen LogP contribution in [0, 0.1) is 0 Å². The van der Waals surface area contributed by atoms with Gasteiger partial charge in [-0.2, -0.15) is 0 Å². The van der Waals surface area contributed by atoms with Gasteiger partial charge in [0.2, 0.25) is 12.6 Å². The van der Waals surface area contributed by atoms with Crippen LogP contribution in [0.3, 0.4) is 0 Å². The first-order valence-electron chi connectivity index (χ1n) is 23.6. The summed E-state index contributed by atoms with van der Waals surface area (Å²) in [7, 11) is 6.85. The molecule has 0 saturated heterocycles. The first-order chi connectivity index (χ1) is 27.1. The Morgan fingerprint density at radius 1 is 0.309 bits per heavy atom. The van der Waals surface area contributed by atoms with Crippen molar-refractivity contribution in [3.8, 4) is 0 Å². The van der Waals surface area contributed by atoms with E-state index in [2.05, 4.69) is 27.7 Å². The summed E-state index contributed by atoms with van der Waals surface area (Å²) in [6.07, 6.45) is 36.9. The molecule has 0 radical (unpaired) electrons. The molecule has 7 heteroatoms. The number of rotatable bonds is 44. The SMILES string of the molecule is CCCCCCCCCCC(OC)=C(OC)C(OCCCCCCCCC)OC(OCCCCCCCCC)C(OC)=C(CCCCCCCCCC)OC. The predicted octanol–water partition coefficient (Wildman–Crippen LogP) is 15.3. The lowest BCUT2D eigenvalue weighted by Crippen LogP contribution is -2.33. The van der Waals surface area contributed by atoms with Crippen LogP contribution in [0.4, 0.5) is 0 Å². The molecule has 328 valence electrons. The lowest BCUT2D eigenvalue weighted by atomic mass is 10.1. The number of allylic oxidation sites excluding steroid dienone is 2. The minimum Gasteiger partial charge on any atom is -0.497 e. The van der Waals surface area contributed by atoms with E-state index in [-0.39, 0.29) is 0 Å². The highest BCUT2D eigenvalue weighted by atomic mass is 16.8. The van der Waals surface area contributed by atoms with Crippen molar-refractivity contribution in [2.24, 2.45) is 0 Å². The molecule has 0 aliphatic heterocycles. The minimum absolute atomic E-state index is 0.561. The number of ether oxygens (including phenoxy) is 7. The third kappa shape index (κ3) is 30.3. The Hall–Kier alpha value is -1.44. The van der Waals surface area contributed by atoms with Crippen molar-refractivity contribution in [1.29, 1.82) is 0 Å². The molecule has 0 aliphatic carbocycles. The zero-order valence-corrected chi connectivity index (χ0v) is 38.1. The molecule has 0 heterocycles. The van der Waals surface area contributed by atoms with Crippen LogP contribution in [-0.4, -0.2) is 54.2 Å². The predicted molar refractivity (Wildman–Crippen MR) is 233 cm³/mol. The van der Waals surface area contributed by atoms with Gasteiger partial charge in [0.15, 0.2) is 11.5 Å². The number of hydrogen-bond acceptors (Lipinski definition) is 7. The van der Waals surface area contributed by atoms with Crippen LogP contribution in [0.2, 0.25) is 0 Å². The third-order valence-electron chi connectivity index (χ3n) is 10.7. The first kappa shape index (κ1) is 53.6. The summed E-state index contributed by atoms with van der Waals surface area (Å²) in [6.45, 7) is 10.2. The molecular weight excluding hydrogens is 689 g/mol. The molecule has 2 unspecified atom stereocenters. The molecule has 0 aromatic rings. The summed E-state index contributed by atoms with van der Waals surface area (Å²) >= 11 is 0. The molecular formula is C48H94O7. The molecule has 55 heavy (non-hydrogen) atoms. The number of unbranched alkanes of at least 4 members (excludes halogenated alkanes) is 26. The van der Waals surface area contributed by atoms with E-state index in [9.17, 15) is 0 Å². The third-order valence-corrected chi connectivity index (χ3v) is 10.7. The molecule has 0 aromatic carbocycles. The maximum atomic E-state index is 6.84. The topological polar surface area (TPSA) is 64.6 Å². The van der Waals surface area contributed by atoms with Gasteiger partial charge in [0.1, 0.15) is 11.5 Å². The van der Waals surface area contributed by atoms with Gasteiger partial charge in [-0.25, -0.2) is 0 Å². The van der Waals surface area contributed by atoms with Crippen molar-refractivity contribution in [2.45, 2.75) is 246 Å². The summed E-state index contributed by atoms with van der Waals surface area (Å²) in [6, 6.07) is 0. The van der Waals surface area contributed by atoms with Crippen LogP contribution in [-0.2, 0) is 33.2 Å². The Morgan fingerprint density at radius 3 is 0.818 bits per heavy atom.